The third-order valence-electron chi connectivity index (χ3n) is 4.76. The Morgan fingerprint density at radius 2 is 2.08 bits per heavy atom. The number of para-hydroxylation sites is 2. The van der Waals surface area contributed by atoms with Gasteiger partial charge >= 0.3 is 0 Å². The largest absolute Gasteiger partial charge is 0.392 e. The maximum absolute atomic E-state index is 12.2. The molecular weight excluding hydrogens is 328 g/mol. The van der Waals surface area contributed by atoms with E-state index in [0.717, 1.165) is 28.7 Å². The number of nitrogens with zero attached hydrogens (tertiary/aromatic N) is 2. The average molecular weight is 350 g/mol. The fourth-order valence-electron chi connectivity index (χ4n) is 3.40. The standard InChI is InChI=1S/C20H22N4O2/c25-16-9-18(21-11-16)20(26)22-10-14-4-3-5-15(8-14)12-24-13-23-17-6-1-2-7-19(17)24/h1-8,13,16,18,21,25H,9-12H2,(H,22,26). The van der Waals surface area contributed by atoms with Gasteiger partial charge < -0.3 is 20.3 Å². The maximum Gasteiger partial charge on any atom is 0.237 e. The van der Waals surface area contributed by atoms with Gasteiger partial charge in [0, 0.05) is 19.6 Å². The summed E-state index contributed by atoms with van der Waals surface area (Å²) in [7, 11) is 0. The van der Waals surface area contributed by atoms with Crippen LogP contribution in [-0.4, -0.2) is 39.3 Å². The van der Waals surface area contributed by atoms with Gasteiger partial charge in [-0.25, -0.2) is 4.98 Å². The van der Waals surface area contributed by atoms with E-state index in [-0.39, 0.29) is 11.9 Å². The van der Waals surface area contributed by atoms with Crippen molar-refractivity contribution in [3.8, 4) is 0 Å². The maximum atomic E-state index is 12.2. The lowest BCUT2D eigenvalue weighted by molar-refractivity contribution is -0.123. The average Bonchev–Trinajstić information content (AvgIpc) is 3.27. The Bertz CT molecular complexity index is 921. The summed E-state index contributed by atoms with van der Waals surface area (Å²) in [6.07, 6.45) is 1.90. The van der Waals surface area contributed by atoms with E-state index in [1.54, 1.807) is 0 Å². The summed E-state index contributed by atoms with van der Waals surface area (Å²) in [6.45, 7) is 1.69. The number of β-amino-alcohol motifs (C(OH)–C–C–N with tert-alkyl or cyclic N) is 1. The molecule has 0 bridgehead atoms. The van der Waals surface area contributed by atoms with E-state index in [1.807, 2.05) is 36.7 Å². The first-order valence-electron chi connectivity index (χ1n) is 8.86. The summed E-state index contributed by atoms with van der Waals surface area (Å²) in [6, 6.07) is 16.0. The molecule has 2 aromatic carbocycles. The number of benzene rings is 2. The van der Waals surface area contributed by atoms with Crippen LogP contribution in [0.4, 0.5) is 0 Å². The lowest BCUT2D eigenvalue weighted by Crippen LogP contribution is -2.40. The van der Waals surface area contributed by atoms with Crippen molar-refractivity contribution in [1.29, 1.82) is 0 Å². The monoisotopic (exact) mass is 350 g/mol. The van der Waals surface area contributed by atoms with Gasteiger partial charge in [0.15, 0.2) is 0 Å². The minimum atomic E-state index is -0.431. The molecule has 6 nitrogen and oxygen atoms in total. The Morgan fingerprint density at radius 3 is 2.92 bits per heavy atom. The van der Waals surface area contributed by atoms with Crippen molar-refractivity contribution in [1.82, 2.24) is 20.2 Å². The zero-order valence-electron chi connectivity index (χ0n) is 14.4. The molecule has 134 valence electrons. The number of aliphatic hydroxyl groups excluding tert-OH is 1. The highest BCUT2D eigenvalue weighted by molar-refractivity contribution is 5.82. The molecular formula is C20H22N4O2. The van der Waals surface area contributed by atoms with Crippen LogP contribution in [0.25, 0.3) is 11.0 Å². The van der Waals surface area contributed by atoms with E-state index in [0.29, 0.717) is 19.5 Å². The molecule has 2 atom stereocenters. The van der Waals surface area contributed by atoms with Crippen molar-refractivity contribution in [2.24, 2.45) is 0 Å². The molecule has 26 heavy (non-hydrogen) atoms. The van der Waals surface area contributed by atoms with Crippen LogP contribution < -0.4 is 10.6 Å². The van der Waals surface area contributed by atoms with Crippen LogP contribution in [0.5, 0.6) is 0 Å². The van der Waals surface area contributed by atoms with Crippen LogP contribution in [0.2, 0.25) is 0 Å². The molecule has 3 N–H and O–H groups in total. The predicted octanol–water partition coefficient (Wildman–Crippen LogP) is 1.42. The fourth-order valence-corrected chi connectivity index (χ4v) is 3.40. The van der Waals surface area contributed by atoms with Gasteiger partial charge in [-0.2, -0.15) is 0 Å². The number of aromatic nitrogens is 2. The molecule has 1 aliphatic heterocycles. The Balaban J connectivity index is 1.41. The Kier molecular flexibility index (Phi) is 4.69. The number of hydrogen-bond acceptors (Lipinski definition) is 4. The predicted molar refractivity (Wildman–Crippen MR) is 99.5 cm³/mol. The van der Waals surface area contributed by atoms with Gasteiger partial charge in [0.25, 0.3) is 0 Å². The number of carbonyl (C=O) groups is 1. The van der Waals surface area contributed by atoms with Gasteiger partial charge in [-0.3, -0.25) is 4.79 Å². The van der Waals surface area contributed by atoms with E-state index in [4.69, 9.17) is 0 Å². The summed E-state index contributed by atoms with van der Waals surface area (Å²) in [5.74, 6) is -0.0624. The number of rotatable bonds is 5. The molecule has 0 saturated carbocycles. The Labute approximate surface area is 151 Å². The van der Waals surface area contributed by atoms with E-state index in [1.165, 1.54) is 0 Å². The van der Waals surface area contributed by atoms with Crippen molar-refractivity contribution in [2.75, 3.05) is 6.54 Å². The molecule has 1 amide bonds. The number of imidazole rings is 1. The minimum absolute atomic E-state index is 0.0624. The highest BCUT2D eigenvalue weighted by Gasteiger charge is 2.27. The minimum Gasteiger partial charge on any atom is -0.392 e. The second kappa shape index (κ2) is 7.27. The zero-order valence-corrected chi connectivity index (χ0v) is 14.4. The van der Waals surface area contributed by atoms with Gasteiger partial charge in [0.2, 0.25) is 5.91 Å². The van der Waals surface area contributed by atoms with E-state index >= 15 is 0 Å². The van der Waals surface area contributed by atoms with E-state index in [9.17, 15) is 9.90 Å². The first-order valence-corrected chi connectivity index (χ1v) is 8.86. The van der Waals surface area contributed by atoms with Crippen molar-refractivity contribution in [3.63, 3.8) is 0 Å². The third kappa shape index (κ3) is 3.61. The summed E-state index contributed by atoms with van der Waals surface area (Å²) >= 11 is 0. The first kappa shape index (κ1) is 16.8. The molecule has 0 aliphatic carbocycles. The van der Waals surface area contributed by atoms with Crippen LogP contribution in [0.1, 0.15) is 17.5 Å². The molecule has 2 heterocycles. The van der Waals surface area contributed by atoms with Crippen LogP contribution in [0.15, 0.2) is 54.9 Å². The van der Waals surface area contributed by atoms with Crippen LogP contribution >= 0.6 is 0 Å². The number of fused-ring (bicyclic) bond motifs is 1. The van der Waals surface area contributed by atoms with Crippen molar-refractivity contribution in [3.05, 3.63) is 66.0 Å². The topological polar surface area (TPSA) is 79.2 Å². The summed E-state index contributed by atoms with van der Waals surface area (Å²) < 4.78 is 2.12. The summed E-state index contributed by atoms with van der Waals surface area (Å²) in [4.78, 5) is 16.6. The van der Waals surface area contributed by atoms with Crippen molar-refractivity contribution >= 4 is 16.9 Å². The molecule has 1 aliphatic rings. The molecule has 0 radical (unpaired) electrons. The highest BCUT2D eigenvalue weighted by atomic mass is 16.3. The van der Waals surface area contributed by atoms with Gasteiger partial charge in [-0.05, 0) is 29.7 Å². The number of amides is 1. The lowest BCUT2D eigenvalue weighted by Gasteiger charge is -2.12. The Morgan fingerprint density at radius 1 is 1.23 bits per heavy atom. The van der Waals surface area contributed by atoms with Crippen LogP contribution in [-0.2, 0) is 17.9 Å². The van der Waals surface area contributed by atoms with Crippen LogP contribution in [0, 0.1) is 0 Å². The Hall–Kier alpha value is -2.70. The molecule has 0 spiro atoms. The molecule has 4 rings (SSSR count). The normalized spacial score (nSPS) is 19.7. The van der Waals surface area contributed by atoms with E-state index < -0.39 is 6.10 Å². The second-order valence-electron chi connectivity index (χ2n) is 6.75. The molecule has 2 unspecified atom stereocenters. The second-order valence-corrected chi connectivity index (χ2v) is 6.75. The third-order valence-corrected chi connectivity index (χ3v) is 4.76. The molecule has 1 fully saturated rings. The number of carbonyl (C=O) groups excluding carboxylic acids is 1. The smallest absolute Gasteiger partial charge is 0.237 e. The molecule has 1 saturated heterocycles. The molecule has 1 aromatic heterocycles. The molecule has 6 heteroatoms. The number of nitrogens with one attached hydrogen (secondary N) is 2. The summed E-state index contributed by atoms with van der Waals surface area (Å²) in [5.41, 5.74) is 4.31. The fraction of sp³-hybridized carbons (Fsp3) is 0.300. The SMILES string of the molecule is O=C(NCc1cccc(Cn2cnc3ccccc32)c1)C1CC(O)CN1. The number of hydrogen-bond donors (Lipinski definition) is 3. The number of aliphatic hydroxyl groups is 1. The lowest BCUT2D eigenvalue weighted by atomic mass is 10.1. The first-order chi connectivity index (χ1) is 12.7. The summed E-state index contributed by atoms with van der Waals surface area (Å²) in [5, 5.41) is 15.5. The van der Waals surface area contributed by atoms with Crippen molar-refractivity contribution in [2.45, 2.75) is 31.7 Å². The van der Waals surface area contributed by atoms with Gasteiger partial charge in [-0.1, -0.05) is 36.4 Å². The van der Waals surface area contributed by atoms with Crippen LogP contribution in [0.3, 0.4) is 0 Å². The quantitative estimate of drug-likeness (QED) is 0.650. The zero-order chi connectivity index (χ0) is 17.9. The van der Waals surface area contributed by atoms with E-state index in [2.05, 4.69) is 38.4 Å². The molecule has 3 aromatic rings. The van der Waals surface area contributed by atoms with Gasteiger partial charge in [0.05, 0.1) is 29.5 Å². The van der Waals surface area contributed by atoms with Crippen molar-refractivity contribution < 1.29 is 9.90 Å². The highest BCUT2D eigenvalue weighted by Crippen LogP contribution is 2.15. The van der Waals surface area contributed by atoms with Gasteiger partial charge in [0.1, 0.15) is 0 Å². The van der Waals surface area contributed by atoms with Gasteiger partial charge in [-0.15, -0.1) is 0 Å².